The van der Waals surface area contributed by atoms with Crippen LogP contribution in [0, 0.1) is 6.92 Å². The van der Waals surface area contributed by atoms with Crippen molar-refractivity contribution in [2.45, 2.75) is 13.5 Å². The maximum absolute atomic E-state index is 12.7. The molecule has 0 atom stereocenters. The molecule has 0 aliphatic heterocycles. The van der Waals surface area contributed by atoms with Gasteiger partial charge in [0.25, 0.3) is 5.91 Å². The fourth-order valence-corrected chi connectivity index (χ4v) is 4.78. The number of nitrogens with one attached hydrogen (secondary N) is 1. The number of rotatable bonds is 7. The SMILES string of the molecule is Cc1ccc(N=Nc2ccc(O)c(/C=N/NC(=O)c3ccc(Cn4c5ccccc5c5ccccc54)cc3)c2)cc1. The second-order valence-corrected chi connectivity index (χ2v) is 9.80. The van der Waals surface area contributed by atoms with Crippen LogP contribution in [0.15, 0.2) is 131 Å². The number of aromatic nitrogens is 1. The van der Waals surface area contributed by atoms with Crippen LogP contribution in [0.25, 0.3) is 21.8 Å². The molecule has 6 aromatic rings. The number of aromatic hydroxyl groups is 1. The van der Waals surface area contributed by atoms with Gasteiger partial charge in [-0.3, -0.25) is 4.79 Å². The minimum Gasteiger partial charge on any atom is -0.507 e. The van der Waals surface area contributed by atoms with Crippen LogP contribution in [-0.2, 0) is 6.54 Å². The Kier molecular flexibility index (Phi) is 7.07. The lowest BCUT2D eigenvalue weighted by molar-refractivity contribution is 0.0955. The molecule has 7 nitrogen and oxygen atoms in total. The van der Waals surface area contributed by atoms with Crippen molar-refractivity contribution in [3.05, 3.63) is 138 Å². The Bertz CT molecular complexity index is 1870. The first-order chi connectivity index (χ1) is 20.0. The van der Waals surface area contributed by atoms with Crippen LogP contribution in [0.4, 0.5) is 11.4 Å². The summed E-state index contributed by atoms with van der Waals surface area (Å²) < 4.78 is 2.30. The van der Waals surface area contributed by atoms with Crippen molar-refractivity contribution < 1.29 is 9.90 Å². The molecule has 1 aromatic heterocycles. The predicted octanol–water partition coefficient (Wildman–Crippen LogP) is 8.04. The molecule has 0 saturated carbocycles. The van der Waals surface area contributed by atoms with E-state index in [1.54, 1.807) is 24.3 Å². The van der Waals surface area contributed by atoms with Crippen LogP contribution in [0.3, 0.4) is 0 Å². The minimum atomic E-state index is -0.348. The Morgan fingerprint density at radius 1 is 0.780 bits per heavy atom. The number of fused-ring (bicyclic) bond motifs is 3. The van der Waals surface area contributed by atoms with Gasteiger partial charge >= 0.3 is 0 Å². The Morgan fingerprint density at radius 2 is 1.39 bits per heavy atom. The predicted molar refractivity (Wildman–Crippen MR) is 164 cm³/mol. The van der Waals surface area contributed by atoms with Gasteiger partial charge in [-0.1, -0.05) is 66.2 Å². The standard InChI is InChI=1S/C34H27N5O2/c1-23-10-16-27(17-11-23)36-37-28-18-19-33(40)26(20-28)21-35-38-34(41)25-14-12-24(13-15-25)22-39-31-8-4-2-6-29(31)30-7-3-5-9-32(30)39/h2-21,40H,22H2,1H3,(H,38,41)/b35-21+,37-36?. The third kappa shape index (κ3) is 5.60. The molecule has 0 bridgehead atoms. The van der Waals surface area contributed by atoms with E-state index in [1.165, 1.54) is 34.1 Å². The number of carbonyl (C=O) groups excluding carboxylic acids is 1. The first kappa shape index (κ1) is 25.7. The molecule has 5 aromatic carbocycles. The molecule has 1 amide bonds. The molecule has 41 heavy (non-hydrogen) atoms. The Morgan fingerprint density at radius 3 is 2.07 bits per heavy atom. The monoisotopic (exact) mass is 537 g/mol. The lowest BCUT2D eigenvalue weighted by atomic mass is 10.1. The average molecular weight is 538 g/mol. The smallest absolute Gasteiger partial charge is 0.271 e. The molecule has 2 N–H and O–H groups in total. The molecule has 1 heterocycles. The number of hydrogen-bond donors (Lipinski definition) is 2. The molecule has 0 spiro atoms. The number of carbonyl (C=O) groups is 1. The molecule has 0 radical (unpaired) electrons. The molecule has 0 fully saturated rings. The van der Waals surface area contributed by atoms with E-state index in [1.807, 2.05) is 43.3 Å². The number of hydrogen-bond acceptors (Lipinski definition) is 5. The van der Waals surface area contributed by atoms with Gasteiger partial charge in [-0.25, -0.2) is 5.43 Å². The molecular weight excluding hydrogens is 510 g/mol. The molecule has 7 heteroatoms. The van der Waals surface area contributed by atoms with Crippen molar-refractivity contribution in [2.75, 3.05) is 0 Å². The van der Waals surface area contributed by atoms with Crippen LogP contribution in [0.2, 0.25) is 0 Å². The van der Waals surface area contributed by atoms with Gasteiger partial charge in [-0.05, 0) is 67.1 Å². The van der Waals surface area contributed by atoms with Crippen LogP contribution in [0.1, 0.15) is 27.0 Å². The summed E-state index contributed by atoms with van der Waals surface area (Å²) in [6, 6.07) is 36.8. The molecule has 200 valence electrons. The number of hydrazone groups is 1. The van der Waals surface area contributed by atoms with Crippen molar-refractivity contribution in [3.8, 4) is 5.75 Å². The lowest BCUT2D eigenvalue weighted by Gasteiger charge is -2.09. The van der Waals surface area contributed by atoms with Gasteiger partial charge in [0.05, 0.1) is 17.6 Å². The van der Waals surface area contributed by atoms with Gasteiger partial charge in [0.2, 0.25) is 0 Å². The summed E-state index contributed by atoms with van der Waals surface area (Å²) in [4.78, 5) is 12.7. The summed E-state index contributed by atoms with van der Waals surface area (Å²) in [5.74, 6) is -0.328. The van der Waals surface area contributed by atoms with Gasteiger partial charge in [0.15, 0.2) is 0 Å². The number of phenolic OH excluding ortho intramolecular Hbond substituents is 1. The van der Waals surface area contributed by atoms with Crippen molar-refractivity contribution in [1.82, 2.24) is 9.99 Å². The molecule has 0 saturated heterocycles. The van der Waals surface area contributed by atoms with Gasteiger partial charge in [-0.2, -0.15) is 15.3 Å². The quantitative estimate of drug-likeness (QED) is 0.123. The highest BCUT2D eigenvalue weighted by Crippen LogP contribution is 2.29. The van der Waals surface area contributed by atoms with Crippen molar-refractivity contribution in [3.63, 3.8) is 0 Å². The van der Waals surface area contributed by atoms with E-state index in [4.69, 9.17) is 0 Å². The Labute approximate surface area is 237 Å². The zero-order valence-electron chi connectivity index (χ0n) is 22.4. The summed E-state index contributed by atoms with van der Waals surface area (Å²) in [7, 11) is 0. The average Bonchev–Trinajstić information content (AvgIpc) is 3.32. The number of para-hydroxylation sites is 2. The fraction of sp³-hybridized carbons (Fsp3) is 0.0588. The Balaban J connectivity index is 1.13. The van der Waals surface area contributed by atoms with Gasteiger partial charge in [0, 0.05) is 39.5 Å². The first-order valence-corrected chi connectivity index (χ1v) is 13.2. The zero-order valence-corrected chi connectivity index (χ0v) is 22.4. The summed E-state index contributed by atoms with van der Waals surface area (Å²) in [5, 5.41) is 25.2. The second-order valence-electron chi connectivity index (χ2n) is 9.80. The summed E-state index contributed by atoms with van der Waals surface area (Å²) in [6.07, 6.45) is 1.38. The van der Waals surface area contributed by atoms with Gasteiger partial charge < -0.3 is 9.67 Å². The second kappa shape index (κ2) is 11.3. The maximum Gasteiger partial charge on any atom is 0.271 e. The largest absolute Gasteiger partial charge is 0.507 e. The first-order valence-electron chi connectivity index (χ1n) is 13.2. The number of azo groups is 1. The van der Waals surface area contributed by atoms with Crippen LogP contribution in [-0.4, -0.2) is 21.8 Å². The number of aryl methyl sites for hydroxylation is 1. The van der Waals surface area contributed by atoms with Crippen LogP contribution in [0.5, 0.6) is 5.75 Å². The van der Waals surface area contributed by atoms with Crippen LogP contribution < -0.4 is 5.43 Å². The number of amides is 1. The van der Waals surface area contributed by atoms with Gasteiger partial charge in [-0.15, -0.1) is 0 Å². The van der Waals surface area contributed by atoms with E-state index in [-0.39, 0.29) is 11.7 Å². The maximum atomic E-state index is 12.7. The third-order valence-electron chi connectivity index (χ3n) is 6.93. The van der Waals surface area contributed by atoms with E-state index in [0.29, 0.717) is 23.4 Å². The van der Waals surface area contributed by atoms with Crippen LogP contribution >= 0.6 is 0 Å². The van der Waals surface area contributed by atoms with E-state index in [9.17, 15) is 9.90 Å². The topological polar surface area (TPSA) is 91.3 Å². The number of nitrogens with zero attached hydrogens (tertiary/aromatic N) is 4. The fourth-order valence-electron chi connectivity index (χ4n) is 4.78. The molecule has 6 rings (SSSR count). The van der Waals surface area contributed by atoms with Gasteiger partial charge in [0.1, 0.15) is 5.75 Å². The summed E-state index contributed by atoms with van der Waals surface area (Å²) in [6.45, 7) is 2.69. The molecular formula is C34H27N5O2. The zero-order chi connectivity index (χ0) is 28.2. The molecule has 0 unspecified atom stereocenters. The third-order valence-corrected chi connectivity index (χ3v) is 6.93. The number of phenols is 1. The van der Waals surface area contributed by atoms with Crippen molar-refractivity contribution in [1.29, 1.82) is 0 Å². The highest BCUT2D eigenvalue weighted by atomic mass is 16.3. The van der Waals surface area contributed by atoms with E-state index < -0.39 is 0 Å². The Hall–Kier alpha value is -5.56. The molecule has 0 aliphatic carbocycles. The van der Waals surface area contributed by atoms with E-state index in [0.717, 1.165) is 16.8 Å². The van der Waals surface area contributed by atoms with Crippen molar-refractivity contribution >= 4 is 45.3 Å². The number of benzene rings is 5. The normalized spacial score (nSPS) is 11.6. The van der Waals surface area contributed by atoms with E-state index in [2.05, 4.69) is 73.9 Å². The minimum absolute atomic E-state index is 0.0201. The van der Waals surface area contributed by atoms with E-state index >= 15 is 0 Å². The lowest BCUT2D eigenvalue weighted by Crippen LogP contribution is -2.17. The summed E-state index contributed by atoms with van der Waals surface area (Å²) in [5.41, 5.74) is 9.28. The summed E-state index contributed by atoms with van der Waals surface area (Å²) >= 11 is 0. The highest BCUT2D eigenvalue weighted by Gasteiger charge is 2.11. The molecule has 0 aliphatic rings. The van der Waals surface area contributed by atoms with Crippen molar-refractivity contribution in [2.24, 2.45) is 15.3 Å². The highest BCUT2D eigenvalue weighted by molar-refractivity contribution is 6.08.